The molecule has 2 atom stereocenters. The Morgan fingerprint density at radius 2 is 1.11 bits per heavy atom. The number of methoxy groups -OCH3 is 2. The maximum atomic E-state index is 5.22. The van der Waals surface area contributed by atoms with Crippen LogP contribution in [-0.4, -0.2) is 54.8 Å². The van der Waals surface area contributed by atoms with Gasteiger partial charge in [0.25, 0.3) is 0 Å². The van der Waals surface area contributed by atoms with E-state index in [1.165, 1.54) is 12.8 Å². The van der Waals surface area contributed by atoms with Crippen LogP contribution in [0.1, 0.15) is 12.8 Å². The molecule has 0 aliphatic rings. The van der Waals surface area contributed by atoms with Gasteiger partial charge in [-0.2, -0.15) is 0 Å². The zero-order valence-corrected chi connectivity index (χ0v) is 16.2. The molecule has 0 aromatic heterocycles. The molecular weight excluding hydrogens is 296 g/mol. The Balaban J connectivity index is 4.10. The first-order chi connectivity index (χ1) is 8.52. The van der Waals surface area contributed by atoms with Crippen LogP contribution in [0.5, 0.6) is 0 Å². The zero-order valence-electron chi connectivity index (χ0n) is 12.6. The van der Waals surface area contributed by atoms with E-state index in [-0.39, 0.29) is 17.6 Å². The first kappa shape index (κ1) is 19.1. The van der Waals surface area contributed by atoms with Gasteiger partial charge in [-0.05, 0) is 12.8 Å². The highest BCUT2D eigenvalue weighted by Crippen LogP contribution is 2.36. The highest BCUT2D eigenvalue weighted by atomic mass is 33.1. The lowest BCUT2D eigenvalue weighted by atomic mass is 10.5. The maximum absolute atomic E-state index is 5.22. The summed E-state index contributed by atoms with van der Waals surface area (Å²) in [6.07, 6.45) is 2.39. The minimum Gasteiger partial charge on any atom is -0.385 e. The molecule has 6 heteroatoms. The van der Waals surface area contributed by atoms with Crippen molar-refractivity contribution in [2.24, 2.45) is 0 Å². The first-order valence-electron chi connectivity index (χ1n) is 6.43. The molecule has 0 saturated heterocycles. The van der Waals surface area contributed by atoms with Crippen LogP contribution in [0.2, 0.25) is 26.2 Å². The monoisotopic (exact) mass is 324 g/mol. The van der Waals surface area contributed by atoms with Crippen LogP contribution < -0.4 is 0 Å². The lowest BCUT2D eigenvalue weighted by Crippen LogP contribution is -2.25. The Morgan fingerprint density at radius 1 is 0.778 bits per heavy atom. The molecule has 108 valence electrons. The van der Waals surface area contributed by atoms with Gasteiger partial charge in [0.1, 0.15) is 0 Å². The van der Waals surface area contributed by atoms with E-state index in [2.05, 4.69) is 47.8 Å². The summed E-state index contributed by atoms with van der Waals surface area (Å²) in [6.45, 7) is 11.4. The number of ether oxygens (including phenoxy) is 2. The van der Waals surface area contributed by atoms with Gasteiger partial charge in [0, 0.05) is 37.2 Å². The van der Waals surface area contributed by atoms with Crippen molar-refractivity contribution in [3.63, 3.8) is 0 Å². The van der Waals surface area contributed by atoms with Gasteiger partial charge in [0.2, 0.25) is 0 Å². The van der Waals surface area contributed by atoms with Gasteiger partial charge in [-0.15, -0.1) is 0 Å². The van der Waals surface area contributed by atoms with Gasteiger partial charge >= 0.3 is 0 Å². The molecule has 0 aliphatic heterocycles. The summed E-state index contributed by atoms with van der Waals surface area (Å²) in [5, 5.41) is 0. The third-order valence-electron chi connectivity index (χ3n) is 2.74. The summed E-state index contributed by atoms with van der Waals surface area (Å²) in [5.74, 6) is 0. The summed E-state index contributed by atoms with van der Waals surface area (Å²) < 4.78 is 10.4. The SMILES string of the molecule is COCCC(SSC(CCOC)[Si](C)C)[Si](C)C. The van der Waals surface area contributed by atoms with Crippen LogP contribution in [-0.2, 0) is 9.47 Å². The van der Waals surface area contributed by atoms with Crippen LogP contribution in [0, 0.1) is 0 Å². The summed E-state index contributed by atoms with van der Waals surface area (Å²) in [5.41, 5.74) is 0. The van der Waals surface area contributed by atoms with Crippen LogP contribution in [0.15, 0.2) is 0 Å². The van der Waals surface area contributed by atoms with Crippen LogP contribution in [0.3, 0.4) is 0 Å². The average Bonchev–Trinajstić information content (AvgIpc) is 2.31. The molecule has 18 heavy (non-hydrogen) atoms. The third kappa shape index (κ3) is 9.04. The molecule has 0 spiro atoms. The van der Waals surface area contributed by atoms with E-state index in [1.54, 1.807) is 14.2 Å². The molecule has 0 saturated carbocycles. The Bertz CT molecular complexity index is 175. The van der Waals surface area contributed by atoms with Crippen molar-refractivity contribution in [3.05, 3.63) is 0 Å². The molecule has 0 rings (SSSR count). The Morgan fingerprint density at radius 3 is 1.33 bits per heavy atom. The van der Waals surface area contributed by atoms with Crippen molar-refractivity contribution in [1.82, 2.24) is 0 Å². The Labute approximate surface area is 125 Å². The molecule has 2 radical (unpaired) electrons. The molecule has 0 fully saturated rings. The van der Waals surface area contributed by atoms with Crippen molar-refractivity contribution < 1.29 is 9.47 Å². The van der Waals surface area contributed by atoms with Gasteiger partial charge in [0.05, 0.1) is 17.6 Å². The minimum atomic E-state index is -0.244. The van der Waals surface area contributed by atoms with Crippen LogP contribution >= 0.6 is 21.6 Å². The molecule has 0 aromatic carbocycles. The van der Waals surface area contributed by atoms with Crippen molar-refractivity contribution >= 4 is 39.2 Å². The molecule has 0 bridgehead atoms. The highest BCUT2D eigenvalue weighted by molar-refractivity contribution is 8.77. The lowest BCUT2D eigenvalue weighted by Gasteiger charge is -2.23. The van der Waals surface area contributed by atoms with Gasteiger partial charge in [-0.25, -0.2) is 0 Å². The normalized spacial score (nSPS) is 15.3. The molecule has 0 N–H and O–H groups in total. The number of hydrogen-bond donors (Lipinski definition) is 0. The quantitative estimate of drug-likeness (QED) is 0.425. The van der Waals surface area contributed by atoms with E-state index in [0.29, 0.717) is 0 Å². The van der Waals surface area contributed by atoms with E-state index in [4.69, 9.17) is 9.47 Å². The Hall–Kier alpha value is 1.05. The average molecular weight is 325 g/mol. The van der Waals surface area contributed by atoms with Gasteiger partial charge < -0.3 is 9.47 Å². The van der Waals surface area contributed by atoms with E-state index in [0.717, 1.165) is 23.0 Å². The van der Waals surface area contributed by atoms with Crippen molar-refractivity contribution in [2.45, 2.75) is 48.8 Å². The summed E-state index contributed by atoms with van der Waals surface area (Å²) in [7, 11) is 7.33. The molecule has 0 heterocycles. The lowest BCUT2D eigenvalue weighted by molar-refractivity contribution is 0.198. The number of rotatable bonds is 11. The topological polar surface area (TPSA) is 18.5 Å². The second-order valence-electron chi connectivity index (χ2n) is 4.89. The van der Waals surface area contributed by atoms with Gasteiger partial charge in [-0.1, -0.05) is 47.8 Å². The molecule has 2 unspecified atom stereocenters. The van der Waals surface area contributed by atoms with Gasteiger partial charge in [0.15, 0.2) is 0 Å². The third-order valence-corrected chi connectivity index (χ3v) is 13.2. The standard InChI is InChI=1S/C12H28O2S2Si2/c1-13-9-7-11(17(3)4)15-16-12(18(5)6)8-10-14-2/h11-12H,7-10H2,1-6H3. The molecule has 2 nitrogen and oxygen atoms in total. The summed E-state index contributed by atoms with van der Waals surface area (Å²) >= 11 is 0. The van der Waals surface area contributed by atoms with Crippen molar-refractivity contribution in [3.8, 4) is 0 Å². The second kappa shape index (κ2) is 11.8. The Kier molecular flexibility index (Phi) is 12.5. The molecule has 0 aromatic rings. The van der Waals surface area contributed by atoms with Crippen molar-refractivity contribution in [2.75, 3.05) is 27.4 Å². The minimum absolute atomic E-state index is 0.244. The zero-order chi connectivity index (χ0) is 14.0. The van der Waals surface area contributed by atoms with E-state index in [1.807, 2.05) is 0 Å². The fourth-order valence-corrected chi connectivity index (χ4v) is 10.9. The highest BCUT2D eigenvalue weighted by Gasteiger charge is 2.21. The second-order valence-corrected chi connectivity index (χ2v) is 14.1. The first-order valence-corrected chi connectivity index (χ1v) is 13.9. The predicted molar refractivity (Wildman–Crippen MR) is 90.7 cm³/mol. The summed E-state index contributed by atoms with van der Waals surface area (Å²) in [6, 6.07) is 0. The maximum Gasteiger partial charge on any atom is 0.0583 e. The van der Waals surface area contributed by atoms with Crippen LogP contribution in [0.4, 0.5) is 0 Å². The summed E-state index contributed by atoms with van der Waals surface area (Å²) in [4.78, 5) is 1.60. The van der Waals surface area contributed by atoms with Crippen LogP contribution in [0.25, 0.3) is 0 Å². The van der Waals surface area contributed by atoms with E-state index >= 15 is 0 Å². The molecular formula is C12H28O2S2Si2. The predicted octanol–water partition coefficient (Wildman–Crippen LogP) is 3.77. The van der Waals surface area contributed by atoms with Gasteiger partial charge in [-0.3, -0.25) is 0 Å². The fourth-order valence-electron chi connectivity index (χ4n) is 1.45. The van der Waals surface area contributed by atoms with E-state index in [9.17, 15) is 0 Å². The van der Waals surface area contributed by atoms with Crippen molar-refractivity contribution in [1.29, 1.82) is 0 Å². The smallest absolute Gasteiger partial charge is 0.0583 e. The molecule has 0 aliphatic carbocycles. The largest absolute Gasteiger partial charge is 0.385 e. The fraction of sp³-hybridized carbons (Fsp3) is 1.00. The number of hydrogen-bond acceptors (Lipinski definition) is 4. The van der Waals surface area contributed by atoms with E-state index < -0.39 is 0 Å². The molecule has 0 amide bonds.